The van der Waals surface area contributed by atoms with Crippen LogP contribution in [0.3, 0.4) is 0 Å². The number of benzene rings is 2. The van der Waals surface area contributed by atoms with Crippen LogP contribution in [0, 0.1) is 0 Å². The standard InChI is InChI=1S/C17H14Br2ClN3O3/c18-13-6-10(7-14(19)17(13)26)9-21-23-16(25)5-4-15(24)22-12-3-1-2-11(20)8-12/h1-3,6-9,26H,4-5H2,(H,22,24)(H,23,25). The van der Waals surface area contributed by atoms with Crippen LogP contribution in [-0.4, -0.2) is 23.1 Å². The normalized spacial score (nSPS) is 10.7. The van der Waals surface area contributed by atoms with Gasteiger partial charge in [-0.05, 0) is 67.8 Å². The number of phenols is 1. The number of amides is 2. The second-order valence-corrected chi connectivity index (χ2v) is 7.33. The van der Waals surface area contributed by atoms with E-state index in [0.717, 1.165) is 0 Å². The zero-order valence-electron chi connectivity index (χ0n) is 13.3. The molecule has 0 heterocycles. The van der Waals surface area contributed by atoms with Gasteiger partial charge in [-0.1, -0.05) is 17.7 Å². The molecule has 0 bridgehead atoms. The lowest BCUT2D eigenvalue weighted by molar-refractivity contribution is -0.124. The summed E-state index contributed by atoms with van der Waals surface area (Å²) in [5.41, 5.74) is 3.59. The molecule has 2 amide bonds. The van der Waals surface area contributed by atoms with E-state index >= 15 is 0 Å². The quantitative estimate of drug-likeness (QED) is 0.402. The molecule has 136 valence electrons. The van der Waals surface area contributed by atoms with Gasteiger partial charge in [0, 0.05) is 23.6 Å². The monoisotopic (exact) mass is 501 g/mol. The van der Waals surface area contributed by atoms with Gasteiger partial charge in [-0.3, -0.25) is 9.59 Å². The highest BCUT2D eigenvalue weighted by molar-refractivity contribution is 9.11. The van der Waals surface area contributed by atoms with Gasteiger partial charge in [0.25, 0.3) is 0 Å². The Balaban J connectivity index is 1.79. The molecular weight excluding hydrogens is 489 g/mol. The van der Waals surface area contributed by atoms with E-state index in [-0.39, 0.29) is 30.4 Å². The lowest BCUT2D eigenvalue weighted by Crippen LogP contribution is -2.20. The van der Waals surface area contributed by atoms with Gasteiger partial charge in [-0.25, -0.2) is 5.43 Å². The Labute approximate surface area is 171 Å². The minimum absolute atomic E-state index is 0.00724. The van der Waals surface area contributed by atoms with Crippen molar-refractivity contribution in [3.8, 4) is 5.75 Å². The first-order chi connectivity index (χ1) is 12.3. The van der Waals surface area contributed by atoms with E-state index in [1.165, 1.54) is 6.21 Å². The summed E-state index contributed by atoms with van der Waals surface area (Å²) >= 11 is 12.3. The van der Waals surface area contributed by atoms with Crippen molar-refractivity contribution in [2.75, 3.05) is 5.32 Å². The molecule has 9 heteroatoms. The molecule has 0 radical (unpaired) electrons. The Morgan fingerprint density at radius 2 is 1.77 bits per heavy atom. The van der Waals surface area contributed by atoms with Crippen molar-refractivity contribution in [3.63, 3.8) is 0 Å². The SMILES string of the molecule is O=C(CCC(=O)Nc1cccc(Cl)c1)NN=Cc1cc(Br)c(O)c(Br)c1. The van der Waals surface area contributed by atoms with Gasteiger partial charge in [0.2, 0.25) is 11.8 Å². The first kappa shape index (κ1) is 20.4. The molecule has 26 heavy (non-hydrogen) atoms. The lowest BCUT2D eigenvalue weighted by Gasteiger charge is -2.05. The van der Waals surface area contributed by atoms with E-state index in [0.29, 0.717) is 25.2 Å². The Kier molecular flexibility index (Phi) is 7.62. The molecule has 0 saturated heterocycles. The average Bonchev–Trinajstić information content (AvgIpc) is 2.58. The highest BCUT2D eigenvalue weighted by Crippen LogP contribution is 2.32. The number of aromatic hydroxyl groups is 1. The largest absolute Gasteiger partial charge is 0.506 e. The molecule has 2 aromatic carbocycles. The number of hydrogen-bond acceptors (Lipinski definition) is 4. The van der Waals surface area contributed by atoms with Crippen LogP contribution in [0.25, 0.3) is 0 Å². The Morgan fingerprint density at radius 3 is 2.42 bits per heavy atom. The number of anilines is 1. The minimum Gasteiger partial charge on any atom is -0.506 e. The van der Waals surface area contributed by atoms with Crippen molar-refractivity contribution < 1.29 is 14.7 Å². The molecule has 2 aromatic rings. The number of halogens is 3. The van der Waals surface area contributed by atoms with Crippen LogP contribution in [0.1, 0.15) is 18.4 Å². The average molecular weight is 504 g/mol. The molecule has 0 aliphatic rings. The molecule has 0 saturated carbocycles. The maximum atomic E-state index is 11.8. The van der Waals surface area contributed by atoms with Crippen LogP contribution in [-0.2, 0) is 9.59 Å². The van der Waals surface area contributed by atoms with Crippen LogP contribution in [0.5, 0.6) is 5.75 Å². The van der Waals surface area contributed by atoms with Crippen molar-refractivity contribution in [3.05, 3.63) is 55.9 Å². The Hall–Kier alpha value is -1.90. The van der Waals surface area contributed by atoms with Gasteiger partial charge < -0.3 is 10.4 Å². The zero-order chi connectivity index (χ0) is 19.1. The summed E-state index contributed by atoms with van der Waals surface area (Å²) in [6.07, 6.45) is 1.44. The molecular formula is C17H14Br2ClN3O3. The molecule has 2 rings (SSSR count). The highest BCUT2D eigenvalue weighted by atomic mass is 79.9. The number of hydrazone groups is 1. The predicted octanol–water partition coefficient (Wildman–Crippen LogP) is 4.44. The van der Waals surface area contributed by atoms with Gasteiger partial charge in [0.15, 0.2) is 0 Å². The van der Waals surface area contributed by atoms with Crippen LogP contribution >= 0.6 is 43.5 Å². The van der Waals surface area contributed by atoms with Crippen molar-refractivity contribution in [1.82, 2.24) is 5.43 Å². The summed E-state index contributed by atoms with van der Waals surface area (Å²) in [6, 6.07) is 10.1. The van der Waals surface area contributed by atoms with Crippen LogP contribution < -0.4 is 10.7 Å². The third kappa shape index (κ3) is 6.44. The van der Waals surface area contributed by atoms with Crippen LogP contribution in [0.4, 0.5) is 5.69 Å². The van der Waals surface area contributed by atoms with Crippen molar-refractivity contribution in [1.29, 1.82) is 0 Å². The summed E-state index contributed by atoms with van der Waals surface area (Å²) in [5.74, 6) is -0.603. The van der Waals surface area contributed by atoms with Gasteiger partial charge in [-0.2, -0.15) is 5.10 Å². The van der Waals surface area contributed by atoms with Gasteiger partial charge in [0.05, 0.1) is 15.2 Å². The molecule has 3 N–H and O–H groups in total. The van der Waals surface area contributed by atoms with E-state index in [9.17, 15) is 14.7 Å². The first-order valence-corrected chi connectivity index (χ1v) is 9.37. The lowest BCUT2D eigenvalue weighted by atomic mass is 10.2. The molecule has 6 nitrogen and oxygen atoms in total. The molecule has 0 fully saturated rings. The molecule has 0 aromatic heterocycles. The number of phenolic OH excluding ortho intramolecular Hbond substituents is 1. The summed E-state index contributed by atoms with van der Waals surface area (Å²) in [7, 11) is 0. The number of rotatable bonds is 6. The topological polar surface area (TPSA) is 90.8 Å². The summed E-state index contributed by atoms with van der Waals surface area (Å²) in [4.78, 5) is 23.6. The maximum absolute atomic E-state index is 11.8. The van der Waals surface area contributed by atoms with E-state index in [1.807, 2.05) is 0 Å². The number of hydrogen-bond donors (Lipinski definition) is 3. The summed E-state index contributed by atoms with van der Waals surface area (Å²) in [5, 5.41) is 16.6. The maximum Gasteiger partial charge on any atom is 0.240 e. The van der Waals surface area contributed by atoms with Crippen LogP contribution in [0.2, 0.25) is 5.02 Å². The smallest absolute Gasteiger partial charge is 0.240 e. The summed E-state index contributed by atoms with van der Waals surface area (Å²) < 4.78 is 0.995. The fourth-order valence-electron chi connectivity index (χ4n) is 1.91. The molecule has 0 spiro atoms. The number of nitrogens with one attached hydrogen (secondary N) is 2. The van der Waals surface area contributed by atoms with Gasteiger partial charge in [0.1, 0.15) is 5.75 Å². The van der Waals surface area contributed by atoms with Crippen molar-refractivity contribution >= 4 is 67.2 Å². The minimum atomic E-state index is -0.389. The number of carbonyl (C=O) groups excluding carboxylic acids is 2. The second kappa shape index (κ2) is 9.70. The van der Waals surface area contributed by atoms with Crippen molar-refractivity contribution in [2.45, 2.75) is 12.8 Å². The Morgan fingerprint density at radius 1 is 1.12 bits per heavy atom. The molecule has 0 unspecified atom stereocenters. The van der Waals surface area contributed by atoms with E-state index in [4.69, 9.17) is 11.6 Å². The van der Waals surface area contributed by atoms with E-state index in [2.05, 4.69) is 47.7 Å². The fourth-order valence-corrected chi connectivity index (χ4v) is 3.32. The predicted molar refractivity (Wildman–Crippen MR) is 109 cm³/mol. The first-order valence-electron chi connectivity index (χ1n) is 7.40. The van der Waals surface area contributed by atoms with E-state index < -0.39 is 0 Å². The number of carbonyl (C=O) groups is 2. The van der Waals surface area contributed by atoms with Gasteiger partial charge >= 0.3 is 0 Å². The zero-order valence-corrected chi connectivity index (χ0v) is 17.2. The van der Waals surface area contributed by atoms with Crippen molar-refractivity contribution in [2.24, 2.45) is 5.10 Å². The third-order valence-electron chi connectivity index (χ3n) is 3.13. The highest BCUT2D eigenvalue weighted by Gasteiger charge is 2.07. The van der Waals surface area contributed by atoms with Gasteiger partial charge in [-0.15, -0.1) is 0 Å². The third-order valence-corrected chi connectivity index (χ3v) is 4.57. The Bertz CT molecular complexity index is 836. The molecule has 0 aliphatic carbocycles. The second-order valence-electron chi connectivity index (χ2n) is 5.18. The fraction of sp³-hybridized carbons (Fsp3) is 0.118. The molecule has 0 aliphatic heterocycles. The summed E-state index contributed by atoms with van der Waals surface area (Å²) in [6.45, 7) is 0. The number of nitrogens with zero attached hydrogens (tertiary/aromatic N) is 1. The van der Waals surface area contributed by atoms with Crippen LogP contribution in [0.15, 0.2) is 50.4 Å². The molecule has 0 atom stereocenters. The van der Waals surface area contributed by atoms with E-state index in [1.54, 1.807) is 36.4 Å².